The molecule has 1 heterocycles. The van der Waals surface area contributed by atoms with Crippen molar-refractivity contribution in [2.45, 2.75) is 25.7 Å². The Balaban J connectivity index is 1.51. The molecule has 0 saturated carbocycles. The van der Waals surface area contributed by atoms with Crippen LogP contribution in [0, 0.1) is 27.9 Å². The van der Waals surface area contributed by atoms with E-state index >= 15 is 0 Å². The molecule has 0 spiro atoms. The fourth-order valence-electron chi connectivity index (χ4n) is 6.69. The molecule has 4 atom stereocenters. The number of aromatic hydroxyl groups is 1. The molecular weight excluding hydrogens is 516 g/mol. The summed E-state index contributed by atoms with van der Waals surface area (Å²) in [6.07, 6.45) is 3.38. The first-order valence-electron chi connectivity index (χ1n) is 12.8. The molecule has 6 rings (SSSR count). The molecule has 40 heavy (non-hydrogen) atoms. The molecular formula is C30H24N2O8. The number of benzene rings is 2. The van der Waals surface area contributed by atoms with Crippen LogP contribution in [0.25, 0.3) is 0 Å². The van der Waals surface area contributed by atoms with Crippen LogP contribution in [-0.4, -0.2) is 40.5 Å². The number of amides is 2. The summed E-state index contributed by atoms with van der Waals surface area (Å²) in [5.74, 6) is -4.52. The summed E-state index contributed by atoms with van der Waals surface area (Å²) in [4.78, 5) is 66.0. The summed E-state index contributed by atoms with van der Waals surface area (Å²) in [5.41, 5.74) is 1.62. The van der Waals surface area contributed by atoms with Crippen molar-refractivity contribution >= 4 is 34.8 Å². The number of hydrogen-bond acceptors (Lipinski definition) is 8. The van der Waals surface area contributed by atoms with Gasteiger partial charge in [-0.25, -0.2) is 4.90 Å². The van der Waals surface area contributed by atoms with Crippen molar-refractivity contribution in [3.8, 4) is 11.5 Å². The van der Waals surface area contributed by atoms with Crippen LogP contribution in [-0.2, 0) is 19.2 Å². The normalized spacial score (nSPS) is 25.7. The molecule has 1 aliphatic heterocycles. The molecule has 2 aromatic rings. The fourth-order valence-corrected chi connectivity index (χ4v) is 6.69. The lowest BCUT2D eigenvalue weighted by molar-refractivity contribution is -0.384. The second-order valence-electron chi connectivity index (χ2n) is 10.4. The maximum atomic E-state index is 13.9. The number of methoxy groups -OCH3 is 1. The van der Waals surface area contributed by atoms with Crippen LogP contribution in [0.3, 0.4) is 0 Å². The molecule has 1 saturated heterocycles. The van der Waals surface area contributed by atoms with Crippen molar-refractivity contribution in [3.05, 3.63) is 92.6 Å². The van der Waals surface area contributed by atoms with E-state index in [4.69, 9.17) is 4.74 Å². The number of nitro groups is 1. The van der Waals surface area contributed by atoms with Gasteiger partial charge in [0.25, 0.3) is 5.69 Å². The predicted molar refractivity (Wildman–Crippen MR) is 142 cm³/mol. The van der Waals surface area contributed by atoms with Gasteiger partial charge in [-0.05, 0) is 50.0 Å². The Hall–Kier alpha value is -4.86. The third-order valence-electron chi connectivity index (χ3n) is 8.42. The molecule has 0 aromatic heterocycles. The molecule has 202 valence electrons. The van der Waals surface area contributed by atoms with Crippen molar-refractivity contribution in [3.63, 3.8) is 0 Å². The summed E-state index contributed by atoms with van der Waals surface area (Å²) in [5, 5.41) is 22.3. The van der Waals surface area contributed by atoms with E-state index in [1.807, 2.05) is 6.08 Å². The van der Waals surface area contributed by atoms with Gasteiger partial charge in [0.05, 0.1) is 29.6 Å². The molecule has 10 heteroatoms. The molecule has 1 N–H and O–H groups in total. The van der Waals surface area contributed by atoms with Crippen molar-refractivity contribution in [2.75, 3.05) is 12.0 Å². The molecule has 0 unspecified atom stereocenters. The quantitative estimate of drug-likeness (QED) is 0.202. The van der Waals surface area contributed by atoms with Crippen molar-refractivity contribution in [1.29, 1.82) is 0 Å². The number of carbonyl (C=O) groups excluding carboxylic acids is 4. The minimum Gasteiger partial charge on any atom is -0.507 e. The van der Waals surface area contributed by atoms with E-state index in [0.717, 1.165) is 4.90 Å². The van der Waals surface area contributed by atoms with Crippen LogP contribution in [0.2, 0.25) is 0 Å². The lowest BCUT2D eigenvalue weighted by atomic mass is 9.59. The topological polar surface area (TPSA) is 144 Å². The Kier molecular flexibility index (Phi) is 5.79. The Labute approximate surface area is 228 Å². The average molecular weight is 541 g/mol. The summed E-state index contributed by atoms with van der Waals surface area (Å²) in [6.45, 7) is 1.57. The van der Waals surface area contributed by atoms with E-state index in [1.54, 1.807) is 19.1 Å². The first-order chi connectivity index (χ1) is 19.1. The highest BCUT2D eigenvalue weighted by Crippen LogP contribution is 2.57. The maximum Gasteiger partial charge on any atom is 0.271 e. The first kappa shape index (κ1) is 25.4. The zero-order valence-electron chi connectivity index (χ0n) is 21.6. The highest BCUT2D eigenvalue weighted by molar-refractivity contribution is 6.25. The molecule has 0 bridgehead atoms. The molecule has 2 amide bonds. The van der Waals surface area contributed by atoms with Gasteiger partial charge in [-0.3, -0.25) is 29.3 Å². The zero-order chi connectivity index (χ0) is 28.5. The highest BCUT2D eigenvalue weighted by atomic mass is 16.6. The summed E-state index contributed by atoms with van der Waals surface area (Å²) in [7, 11) is 1.44. The van der Waals surface area contributed by atoms with Crippen LogP contribution < -0.4 is 9.64 Å². The van der Waals surface area contributed by atoms with Crippen LogP contribution in [0.5, 0.6) is 11.5 Å². The Morgan fingerprint density at radius 3 is 2.52 bits per heavy atom. The lowest BCUT2D eigenvalue weighted by Crippen LogP contribution is -2.40. The molecule has 1 fully saturated rings. The zero-order valence-corrected chi connectivity index (χ0v) is 21.6. The number of hydrogen-bond donors (Lipinski definition) is 1. The van der Waals surface area contributed by atoms with Gasteiger partial charge in [0.2, 0.25) is 11.8 Å². The van der Waals surface area contributed by atoms with Gasteiger partial charge in [0, 0.05) is 40.3 Å². The van der Waals surface area contributed by atoms with Gasteiger partial charge in [-0.1, -0.05) is 23.8 Å². The first-order valence-corrected chi connectivity index (χ1v) is 12.8. The van der Waals surface area contributed by atoms with Crippen LogP contribution in [0.4, 0.5) is 11.4 Å². The van der Waals surface area contributed by atoms with Crippen molar-refractivity contribution < 1.29 is 33.9 Å². The number of phenols is 1. The largest absolute Gasteiger partial charge is 0.507 e. The van der Waals surface area contributed by atoms with E-state index in [-0.39, 0.29) is 58.3 Å². The highest BCUT2D eigenvalue weighted by Gasteiger charge is 2.57. The SMILES string of the molecule is COc1cccc(O)c1[C@H]1C2=CC[C@@H]3C(=O)N(c4cccc([N+](=O)[O-])c4)C(=O)[C@@H]3[C@@H]2CC2=C1C(=O)C(C)=CC2=O. The van der Waals surface area contributed by atoms with E-state index < -0.39 is 40.4 Å². The van der Waals surface area contributed by atoms with Gasteiger partial charge in [-0.2, -0.15) is 0 Å². The summed E-state index contributed by atoms with van der Waals surface area (Å²) >= 11 is 0. The molecule has 4 aliphatic rings. The Morgan fingerprint density at radius 1 is 1.05 bits per heavy atom. The maximum absolute atomic E-state index is 13.9. The number of nitro benzene ring substituents is 1. The molecule has 0 radical (unpaired) electrons. The van der Waals surface area contributed by atoms with Gasteiger partial charge in [0.1, 0.15) is 11.5 Å². The molecule has 3 aliphatic carbocycles. The number of ketones is 2. The summed E-state index contributed by atoms with van der Waals surface area (Å²) < 4.78 is 5.55. The van der Waals surface area contributed by atoms with Gasteiger partial charge in [-0.15, -0.1) is 0 Å². The average Bonchev–Trinajstić information content (AvgIpc) is 3.20. The van der Waals surface area contributed by atoms with E-state index in [0.29, 0.717) is 16.9 Å². The van der Waals surface area contributed by atoms with Crippen molar-refractivity contribution in [2.24, 2.45) is 17.8 Å². The number of allylic oxidation sites excluding steroid dienone is 6. The second kappa shape index (κ2) is 9.11. The number of ether oxygens (including phenoxy) is 1. The number of imide groups is 1. The number of anilines is 1. The lowest BCUT2D eigenvalue weighted by Gasteiger charge is -2.42. The van der Waals surface area contributed by atoms with E-state index in [9.17, 15) is 34.4 Å². The van der Waals surface area contributed by atoms with Crippen LogP contribution in [0.1, 0.15) is 31.2 Å². The van der Waals surface area contributed by atoms with E-state index in [2.05, 4.69) is 0 Å². The fraction of sp³-hybridized carbons (Fsp3) is 0.267. The number of carbonyl (C=O) groups is 4. The van der Waals surface area contributed by atoms with Crippen LogP contribution in [0.15, 0.2) is 76.9 Å². The minimum absolute atomic E-state index is 0.0743. The third-order valence-corrected chi connectivity index (χ3v) is 8.42. The number of non-ortho nitro benzene ring substituents is 1. The standard InChI is InChI=1S/C30H24N2O8/c1-14-11-22(34)20-13-19-17(25(26(20)28(14)35)27-21(33)7-4-8-23(27)40-2)9-10-18-24(19)30(37)31(29(18)36)15-5-3-6-16(12-15)32(38)39/h3-9,11-12,18-19,24-25,33H,10,13H2,1-2H3/t18-,19+,24-,25-/m0/s1. The molecule has 10 nitrogen and oxygen atoms in total. The van der Waals surface area contributed by atoms with Crippen molar-refractivity contribution in [1.82, 2.24) is 0 Å². The predicted octanol–water partition coefficient (Wildman–Crippen LogP) is 3.94. The van der Waals surface area contributed by atoms with Crippen LogP contribution >= 0.6 is 0 Å². The Morgan fingerprint density at radius 2 is 1.80 bits per heavy atom. The number of nitrogens with zero attached hydrogens (tertiary/aromatic N) is 2. The second-order valence-corrected chi connectivity index (χ2v) is 10.4. The monoisotopic (exact) mass is 540 g/mol. The number of phenolic OH excluding ortho intramolecular Hbond substituents is 1. The minimum atomic E-state index is -0.860. The van der Waals surface area contributed by atoms with Gasteiger partial charge < -0.3 is 9.84 Å². The van der Waals surface area contributed by atoms with Gasteiger partial charge >= 0.3 is 0 Å². The van der Waals surface area contributed by atoms with E-state index in [1.165, 1.54) is 43.5 Å². The Bertz CT molecular complexity index is 1650. The molecule has 2 aromatic carbocycles. The third kappa shape index (κ3) is 3.55. The van der Waals surface area contributed by atoms with Gasteiger partial charge in [0.15, 0.2) is 11.6 Å². The number of fused-ring (bicyclic) bond motifs is 3. The number of rotatable bonds is 4. The summed E-state index contributed by atoms with van der Waals surface area (Å²) in [6, 6.07) is 10.1. The smallest absolute Gasteiger partial charge is 0.271 e. The number of Topliss-reactive ketones (excluding diaryl/α,β-unsaturated/α-hetero) is 1.